The van der Waals surface area contributed by atoms with Crippen LogP contribution in [0.3, 0.4) is 0 Å². The van der Waals surface area contributed by atoms with Crippen molar-refractivity contribution >= 4 is 11.9 Å². The minimum atomic E-state index is -0.356. The average Bonchev–Trinajstić information content (AvgIpc) is 2.39. The molecule has 1 aromatic carbocycles. The molecule has 106 valence electrons. The Morgan fingerprint density at radius 2 is 1.37 bits per heavy atom. The fourth-order valence-corrected chi connectivity index (χ4v) is 1.10. The van der Waals surface area contributed by atoms with E-state index in [2.05, 4.69) is 9.47 Å². The van der Waals surface area contributed by atoms with Gasteiger partial charge in [0.25, 0.3) is 0 Å². The van der Waals surface area contributed by atoms with E-state index in [0.717, 1.165) is 0 Å². The van der Waals surface area contributed by atoms with Crippen LogP contribution in [0.1, 0.15) is 26.7 Å². The standard InChI is InChI=1S/C8H14O4.C6H6O/c1-3-11-7(9)5-6-8(10)12-4-2;7-6-4-2-1-3-5-6/h3-6H2,1-2H3;1-5,7H. The third-order valence-electron chi connectivity index (χ3n) is 1.90. The Morgan fingerprint density at radius 1 is 0.947 bits per heavy atom. The molecule has 1 aromatic rings. The molecule has 1 N–H and O–H groups in total. The number of hydrogen-bond donors (Lipinski definition) is 1. The largest absolute Gasteiger partial charge is 0.508 e. The number of aromatic hydroxyl groups is 1. The fourth-order valence-electron chi connectivity index (χ4n) is 1.10. The summed E-state index contributed by atoms with van der Waals surface area (Å²) in [7, 11) is 0. The molecule has 0 saturated heterocycles. The highest BCUT2D eigenvalue weighted by molar-refractivity contribution is 5.77. The van der Waals surface area contributed by atoms with Crippen LogP contribution >= 0.6 is 0 Å². The van der Waals surface area contributed by atoms with Crippen LogP contribution in [0.15, 0.2) is 30.3 Å². The predicted octanol–water partition coefficient (Wildman–Crippen LogP) is 2.29. The minimum Gasteiger partial charge on any atom is -0.508 e. The summed E-state index contributed by atoms with van der Waals surface area (Å²) in [4.78, 5) is 21.4. The number of carbonyl (C=O) groups excluding carboxylic acids is 2. The molecular weight excluding hydrogens is 248 g/mol. The third-order valence-corrected chi connectivity index (χ3v) is 1.90. The molecule has 0 amide bonds. The molecular formula is C14H20O5. The Balaban J connectivity index is 0.000000388. The molecule has 1 rings (SSSR count). The number of phenols is 1. The topological polar surface area (TPSA) is 72.8 Å². The molecule has 0 radical (unpaired) electrons. The van der Waals surface area contributed by atoms with Crippen molar-refractivity contribution in [2.24, 2.45) is 0 Å². The highest BCUT2D eigenvalue weighted by Gasteiger charge is 2.06. The lowest BCUT2D eigenvalue weighted by molar-refractivity contribution is -0.149. The maximum Gasteiger partial charge on any atom is 0.306 e. The van der Waals surface area contributed by atoms with E-state index in [1.165, 1.54) is 0 Å². The zero-order chi connectivity index (χ0) is 14.5. The van der Waals surface area contributed by atoms with E-state index in [-0.39, 0.29) is 24.8 Å². The van der Waals surface area contributed by atoms with Crippen LogP contribution in [-0.2, 0) is 19.1 Å². The first kappa shape index (κ1) is 17.0. The Labute approximate surface area is 113 Å². The molecule has 0 heterocycles. The summed E-state index contributed by atoms with van der Waals surface area (Å²) in [5.74, 6) is -0.390. The number of phenolic OH excluding ortho intramolecular Hbond substituents is 1. The number of benzene rings is 1. The fraction of sp³-hybridized carbons (Fsp3) is 0.429. The second-order valence-electron chi connectivity index (χ2n) is 3.45. The Morgan fingerprint density at radius 3 is 1.63 bits per heavy atom. The molecule has 0 unspecified atom stereocenters. The lowest BCUT2D eigenvalue weighted by atomic mass is 10.3. The van der Waals surface area contributed by atoms with Crippen LogP contribution in [0.4, 0.5) is 0 Å². The van der Waals surface area contributed by atoms with Gasteiger partial charge in [-0.3, -0.25) is 9.59 Å². The van der Waals surface area contributed by atoms with Gasteiger partial charge in [-0.2, -0.15) is 0 Å². The van der Waals surface area contributed by atoms with E-state index in [4.69, 9.17) is 5.11 Å². The van der Waals surface area contributed by atoms with Crippen LogP contribution < -0.4 is 0 Å². The van der Waals surface area contributed by atoms with E-state index in [1.807, 2.05) is 6.07 Å². The van der Waals surface area contributed by atoms with Gasteiger partial charge in [-0.15, -0.1) is 0 Å². The van der Waals surface area contributed by atoms with Crippen molar-refractivity contribution in [3.8, 4) is 5.75 Å². The monoisotopic (exact) mass is 268 g/mol. The Hall–Kier alpha value is -2.04. The molecule has 0 saturated carbocycles. The molecule has 0 atom stereocenters. The van der Waals surface area contributed by atoms with Crippen molar-refractivity contribution in [1.82, 2.24) is 0 Å². The van der Waals surface area contributed by atoms with Gasteiger partial charge in [-0.05, 0) is 26.0 Å². The summed E-state index contributed by atoms with van der Waals surface area (Å²) in [6.07, 6.45) is 0.208. The van der Waals surface area contributed by atoms with Crippen molar-refractivity contribution in [2.75, 3.05) is 13.2 Å². The Bertz CT molecular complexity index is 343. The van der Waals surface area contributed by atoms with Crippen molar-refractivity contribution < 1.29 is 24.2 Å². The molecule has 0 aliphatic rings. The first-order valence-corrected chi connectivity index (χ1v) is 6.15. The van der Waals surface area contributed by atoms with E-state index >= 15 is 0 Å². The van der Waals surface area contributed by atoms with Crippen LogP contribution in [0.2, 0.25) is 0 Å². The lowest BCUT2D eigenvalue weighted by Crippen LogP contribution is -2.09. The van der Waals surface area contributed by atoms with Crippen molar-refractivity contribution in [3.05, 3.63) is 30.3 Å². The minimum absolute atomic E-state index is 0.104. The number of esters is 2. The van der Waals surface area contributed by atoms with Crippen LogP contribution in [0, 0.1) is 0 Å². The van der Waals surface area contributed by atoms with Crippen LogP contribution in [0.25, 0.3) is 0 Å². The van der Waals surface area contributed by atoms with Gasteiger partial charge < -0.3 is 14.6 Å². The quantitative estimate of drug-likeness (QED) is 0.829. The SMILES string of the molecule is CCOC(=O)CCC(=O)OCC.Oc1ccccc1. The second-order valence-corrected chi connectivity index (χ2v) is 3.45. The Kier molecular flexibility index (Phi) is 9.88. The summed E-state index contributed by atoms with van der Waals surface area (Å²) < 4.78 is 9.25. The van der Waals surface area contributed by atoms with Gasteiger partial charge in [0.15, 0.2) is 0 Å². The lowest BCUT2D eigenvalue weighted by Gasteiger charge is -2.01. The summed E-state index contributed by atoms with van der Waals surface area (Å²) in [5.41, 5.74) is 0. The van der Waals surface area contributed by atoms with Gasteiger partial charge in [-0.1, -0.05) is 18.2 Å². The van der Waals surface area contributed by atoms with E-state index in [9.17, 15) is 9.59 Å². The van der Waals surface area contributed by atoms with Gasteiger partial charge in [0.2, 0.25) is 0 Å². The number of carbonyl (C=O) groups is 2. The number of rotatable bonds is 5. The molecule has 5 heteroatoms. The van der Waals surface area contributed by atoms with Gasteiger partial charge >= 0.3 is 11.9 Å². The summed E-state index contributed by atoms with van der Waals surface area (Å²) in [5, 5.41) is 8.63. The number of hydrogen-bond acceptors (Lipinski definition) is 5. The smallest absolute Gasteiger partial charge is 0.306 e. The highest BCUT2D eigenvalue weighted by Crippen LogP contribution is 2.02. The number of para-hydroxylation sites is 1. The van der Waals surface area contributed by atoms with Crippen LogP contribution in [-0.4, -0.2) is 30.3 Å². The highest BCUT2D eigenvalue weighted by atomic mass is 16.5. The summed E-state index contributed by atoms with van der Waals surface area (Å²) in [6.45, 7) is 4.15. The zero-order valence-corrected chi connectivity index (χ0v) is 11.3. The normalized spacial score (nSPS) is 8.95. The molecule has 19 heavy (non-hydrogen) atoms. The maximum absolute atomic E-state index is 10.7. The molecule has 0 aliphatic carbocycles. The maximum atomic E-state index is 10.7. The summed E-state index contributed by atoms with van der Waals surface area (Å²) >= 11 is 0. The van der Waals surface area contributed by atoms with E-state index < -0.39 is 0 Å². The van der Waals surface area contributed by atoms with E-state index in [0.29, 0.717) is 19.0 Å². The summed E-state index contributed by atoms with van der Waals surface area (Å²) in [6, 6.07) is 8.71. The zero-order valence-electron chi connectivity index (χ0n) is 11.3. The predicted molar refractivity (Wildman–Crippen MR) is 70.6 cm³/mol. The van der Waals surface area contributed by atoms with Gasteiger partial charge in [-0.25, -0.2) is 0 Å². The van der Waals surface area contributed by atoms with Crippen molar-refractivity contribution in [3.63, 3.8) is 0 Å². The molecule has 0 aliphatic heterocycles. The van der Waals surface area contributed by atoms with Gasteiger partial charge in [0.1, 0.15) is 5.75 Å². The van der Waals surface area contributed by atoms with Gasteiger partial charge in [0.05, 0.1) is 26.1 Å². The number of ether oxygens (including phenoxy) is 2. The molecule has 0 fully saturated rings. The first-order valence-electron chi connectivity index (χ1n) is 6.15. The van der Waals surface area contributed by atoms with Crippen molar-refractivity contribution in [2.45, 2.75) is 26.7 Å². The second kappa shape index (κ2) is 11.1. The third kappa shape index (κ3) is 10.8. The molecule has 0 spiro atoms. The van der Waals surface area contributed by atoms with E-state index in [1.54, 1.807) is 38.1 Å². The molecule has 0 aromatic heterocycles. The molecule has 5 nitrogen and oxygen atoms in total. The van der Waals surface area contributed by atoms with Gasteiger partial charge in [0, 0.05) is 0 Å². The first-order chi connectivity index (χ1) is 9.10. The average molecular weight is 268 g/mol. The molecule has 0 bridgehead atoms. The van der Waals surface area contributed by atoms with Crippen LogP contribution in [0.5, 0.6) is 5.75 Å². The van der Waals surface area contributed by atoms with Crippen molar-refractivity contribution in [1.29, 1.82) is 0 Å².